The number of aromatic amines is 1. The van der Waals surface area contributed by atoms with Gasteiger partial charge in [-0.1, -0.05) is 44.2 Å². The van der Waals surface area contributed by atoms with Crippen LogP contribution in [-0.2, 0) is 11.3 Å². The Bertz CT molecular complexity index is 997. The molecule has 0 saturated heterocycles. The van der Waals surface area contributed by atoms with E-state index in [0.717, 1.165) is 12.0 Å². The van der Waals surface area contributed by atoms with Gasteiger partial charge in [0.25, 0.3) is 5.56 Å². The normalized spacial score (nSPS) is 10.8. The van der Waals surface area contributed by atoms with E-state index < -0.39 is 23.2 Å². The van der Waals surface area contributed by atoms with Crippen molar-refractivity contribution in [3.63, 3.8) is 0 Å². The molecule has 162 valence electrons. The molecule has 0 unspecified atom stereocenters. The maximum atomic E-state index is 12.6. The SMILES string of the molecule is CC(C)CCN(CCC(=O)NC(N)=O)c1c(N)n(Cc2ccccc2)c(=O)[nH]c1=O. The highest BCUT2D eigenvalue weighted by molar-refractivity contribution is 5.93. The number of nitrogens with one attached hydrogen (secondary N) is 2. The van der Waals surface area contributed by atoms with Crippen LogP contribution in [0.2, 0.25) is 0 Å². The lowest BCUT2D eigenvalue weighted by molar-refractivity contribution is -0.119. The van der Waals surface area contributed by atoms with Crippen LogP contribution in [0.5, 0.6) is 0 Å². The Hall–Kier alpha value is -3.56. The Morgan fingerprint density at radius 1 is 1.17 bits per heavy atom. The summed E-state index contributed by atoms with van der Waals surface area (Å²) in [5.41, 5.74) is 11.0. The van der Waals surface area contributed by atoms with E-state index in [1.807, 2.05) is 49.5 Å². The summed E-state index contributed by atoms with van der Waals surface area (Å²) in [4.78, 5) is 51.7. The molecule has 10 nitrogen and oxygen atoms in total. The number of imide groups is 1. The Morgan fingerprint density at radius 2 is 1.83 bits per heavy atom. The number of H-pyrrole nitrogens is 1. The molecule has 3 amide bonds. The molecule has 0 atom stereocenters. The van der Waals surface area contributed by atoms with Crippen LogP contribution in [0.25, 0.3) is 0 Å². The molecule has 0 aliphatic heterocycles. The van der Waals surface area contributed by atoms with E-state index in [1.54, 1.807) is 4.90 Å². The van der Waals surface area contributed by atoms with Crippen molar-refractivity contribution in [3.05, 3.63) is 56.7 Å². The van der Waals surface area contributed by atoms with Gasteiger partial charge in [0.15, 0.2) is 0 Å². The predicted octanol–water partition coefficient (Wildman–Crippen LogP) is 0.605. The van der Waals surface area contributed by atoms with Crippen LogP contribution < -0.4 is 32.9 Å². The molecule has 1 heterocycles. The van der Waals surface area contributed by atoms with Gasteiger partial charge < -0.3 is 16.4 Å². The van der Waals surface area contributed by atoms with Gasteiger partial charge in [-0.3, -0.25) is 24.5 Å². The minimum atomic E-state index is -0.942. The molecule has 0 bridgehead atoms. The van der Waals surface area contributed by atoms with E-state index in [2.05, 4.69) is 4.98 Å². The number of urea groups is 1. The maximum Gasteiger partial charge on any atom is 0.330 e. The number of aromatic nitrogens is 2. The number of primary amides is 1. The zero-order valence-electron chi connectivity index (χ0n) is 17.2. The van der Waals surface area contributed by atoms with Crippen molar-refractivity contribution in [2.45, 2.75) is 33.2 Å². The average Bonchev–Trinajstić information content (AvgIpc) is 2.66. The van der Waals surface area contributed by atoms with Gasteiger partial charge in [-0.25, -0.2) is 9.59 Å². The van der Waals surface area contributed by atoms with Crippen molar-refractivity contribution in [1.29, 1.82) is 0 Å². The molecule has 30 heavy (non-hydrogen) atoms. The summed E-state index contributed by atoms with van der Waals surface area (Å²) < 4.78 is 1.29. The van der Waals surface area contributed by atoms with E-state index >= 15 is 0 Å². The lowest BCUT2D eigenvalue weighted by Crippen LogP contribution is -2.41. The number of carbonyl (C=O) groups is 2. The van der Waals surface area contributed by atoms with Gasteiger partial charge in [0.2, 0.25) is 5.91 Å². The van der Waals surface area contributed by atoms with Crippen LogP contribution in [0, 0.1) is 5.92 Å². The molecule has 0 fully saturated rings. The fraction of sp³-hybridized carbons (Fsp3) is 0.400. The minimum absolute atomic E-state index is 0.0201. The smallest absolute Gasteiger partial charge is 0.330 e. The van der Waals surface area contributed by atoms with Crippen molar-refractivity contribution in [3.8, 4) is 0 Å². The third-order valence-electron chi connectivity index (χ3n) is 4.56. The van der Waals surface area contributed by atoms with E-state index in [1.165, 1.54) is 4.57 Å². The molecule has 2 aromatic rings. The van der Waals surface area contributed by atoms with Crippen LogP contribution in [0.15, 0.2) is 39.9 Å². The second-order valence-electron chi connectivity index (χ2n) is 7.40. The quantitative estimate of drug-likeness (QED) is 0.469. The van der Waals surface area contributed by atoms with Crippen molar-refractivity contribution in [2.75, 3.05) is 23.7 Å². The predicted molar refractivity (Wildman–Crippen MR) is 115 cm³/mol. The number of carbonyl (C=O) groups excluding carboxylic acids is 2. The summed E-state index contributed by atoms with van der Waals surface area (Å²) in [6, 6.07) is 8.30. The molecule has 1 aromatic heterocycles. The first kappa shape index (κ1) is 22.7. The van der Waals surface area contributed by atoms with Gasteiger partial charge in [0.05, 0.1) is 6.54 Å². The monoisotopic (exact) mass is 416 g/mol. The average molecular weight is 416 g/mol. The third kappa shape index (κ3) is 6.23. The first-order chi connectivity index (χ1) is 14.2. The van der Waals surface area contributed by atoms with Gasteiger partial charge >= 0.3 is 11.7 Å². The van der Waals surface area contributed by atoms with Gasteiger partial charge in [0, 0.05) is 19.5 Å². The Kier molecular flexibility index (Phi) is 7.79. The summed E-state index contributed by atoms with van der Waals surface area (Å²) in [5.74, 6) is -0.209. The molecule has 1 aromatic carbocycles. The van der Waals surface area contributed by atoms with E-state index in [4.69, 9.17) is 11.5 Å². The highest BCUT2D eigenvalue weighted by atomic mass is 16.2. The van der Waals surface area contributed by atoms with Crippen molar-refractivity contribution < 1.29 is 9.59 Å². The molecule has 0 radical (unpaired) electrons. The zero-order chi connectivity index (χ0) is 22.3. The Morgan fingerprint density at radius 3 is 2.43 bits per heavy atom. The van der Waals surface area contributed by atoms with Gasteiger partial charge in [-0.15, -0.1) is 0 Å². The third-order valence-corrected chi connectivity index (χ3v) is 4.56. The number of nitrogen functional groups attached to an aromatic ring is 1. The second-order valence-corrected chi connectivity index (χ2v) is 7.40. The minimum Gasteiger partial charge on any atom is -0.383 e. The standard InChI is InChI=1S/C20H28N6O4/c1-13(2)8-10-25(11-9-15(27)23-19(22)29)16-17(21)26(20(30)24-18(16)28)12-14-6-4-3-5-7-14/h3-7,13H,8-12,21H2,1-2H3,(H,24,28,30)(H3,22,23,27,29). The van der Waals surface area contributed by atoms with Crippen molar-refractivity contribution >= 4 is 23.4 Å². The van der Waals surface area contributed by atoms with E-state index in [-0.39, 0.29) is 31.0 Å². The molecule has 6 N–H and O–H groups in total. The van der Waals surface area contributed by atoms with Crippen molar-refractivity contribution in [2.24, 2.45) is 11.7 Å². The lowest BCUT2D eigenvalue weighted by Gasteiger charge is -2.26. The topological polar surface area (TPSA) is 156 Å². The molecule has 0 saturated carbocycles. The fourth-order valence-corrected chi connectivity index (χ4v) is 2.99. The summed E-state index contributed by atoms with van der Waals surface area (Å²) in [5, 5.41) is 2.00. The Balaban J connectivity index is 2.39. The highest BCUT2D eigenvalue weighted by Crippen LogP contribution is 2.19. The van der Waals surface area contributed by atoms with Crippen LogP contribution in [0.1, 0.15) is 32.3 Å². The summed E-state index contributed by atoms with van der Waals surface area (Å²) >= 11 is 0. The first-order valence-electron chi connectivity index (χ1n) is 9.69. The summed E-state index contributed by atoms with van der Waals surface area (Å²) in [6.45, 7) is 4.82. The molecule has 2 rings (SSSR count). The number of hydrogen-bond donors (Lipinski definition) is 4. The zero-order valence-corrected chi connectivity index (χ0v) is 17.2. The van der Waals surface area contributed by atoms with Crippen LogP contribution in [0.4, 0.5) is 16.3 Å². The van der Waals surface area contributed by atoms with Gasteiger partial charge in [0.1, 0.15) is 11.5 Å². The molecule has 0 aliphatic rings. The van der Waals surface area contributed by atoms with Gasteiger partial charge in [-0.2, -0.15) is 0 Å². The van der Waals surface area contributed by atoms with Gasteiger partial charge in [-0.05, 0) is 17.9 Å². The maximum absolute atomic E-state index is 12.6. The second kappa shape index (κ2) is 10.3. The van der Waals surface area contributed by atoms with Crippen molar-refractivity contribution in [1.82, 2.24) is 14.9 Å². The summed E-state index contributed by atoms with van der Waals surface area (Å²) in [7, 11) is 0. The lowest BCUT2D eigenvalue weighted by atomic mass is 10.1. The van der Waals surface area contributed by atoms with Crippen LogP contribution in [0.3, 0.4) is 0 Å². The Labute approximate surface area is 173 Å². The van der Waals surface area contributed by atoms with E-state index in [9.17, 15) is 19.2 Å². The number of nitrogens with two attached hydrogens (primary N) is 2. The molecule has 0 aliphatic carbocycles. The van der Waals surface area contributed by atoms with E-state index in [0.29, 0.717) is 12.5 Å². The number of hydrogen-bond acceptors (Lipinski definition) is 6. The number of anilines is 2. The fourth-order valence-electron chi connectivity index (χ4n) is 2.99. The molecular formula is C20H28N6O4. The van der Waals surface area contributed by atoms with Crippen LogP contribution >= 0.6 is 0 Å². The number of nitrogens with zero attached hydrogens (tertiary/aromatic N) is 2. The molecular weight excluding hydrogens is 388 g/mol. The van der Waals surface area contributed by atoms with Crippen LogP contribution in [-0.4, -0.2) is 34.6 Å². The number of amides is 3. The molecule has 10 heteroatoms. The summed E-state index contributed by atoms with van der Waals surface area (Å²) in [6.07, 6.45) is 0.659. The largest absolute Gasteiger partial charge is 0.383 e. The number of rotatable bonds is 9. The molecule has 0 spiro atoms. The number of benzene rings is 1. The highest BCUT2D eigenvalue weighted by Gasteiger charge is 2.20. The first-order valence-corrected chi connectivity index (χ1v) is 9.69.